The van der Waals surface area contributed by atoms with Crippen molar-refractivity contribution in [1.29, 1.82) is 0 Å². The zero-order valence-electron chi connectivity index (χ0n) is 17.9. The number of piperidine rings is 1. The zero-order chi connectivity index (χ0) is 21.9. The molecule has 1 saturated heterocycles. The van der Waals surface area contributed by atoms with Crippen molar-refractivity contribution in [3.05, 3.63) is 102 Å². The predicted molar refractivity (Wildman–Crippen MR) is 127 cm³/mol. The monoisotopic (exact) mass is 422 g/mol. The number of pyridine rings is 1. The smallest absolute Gasteiger partial charge is 0.320 e. The molecule has 0 spiro atoms. The summed E-state index contributed by atoms with van der Waals surface area (Å²) in [5.74, 6) is -0.746. The highest BCUT2D eigenvalue weighted by molar-refractivity contribution is 5.79. The lowest BCUT2D eigenvalue weighted by Gasteiger charge is -2.39. The average Bonchev–Trinajstić information content (AvgIpc) is 2.85. The van der Waals surface area contributed by atoms with E-state index in [2.05, 4.69) is 58.4 Å². The number of carboxylic acid groups (broad SMARTS) is 1. The first-order valence-electron chi connectivity index (χ1n) is 11.2. The van der Waals surface area contributed by atoms with Crippen LogP contribution in [0.2, 0.25) is 0 Å². The normalized spacial score (nSPS) is 17.8. The second kappa shape index (κ2) is 8.93. The quantitative estimate of drug-likeness (QED) is 0.433. The third-order valence-electron chi connectivity index (χ3n) is 6.42. The molecule has 5 rings (SSSR count). The van der Waals surface area contributed by atoms with Crippen molar-refractivity contribution >= 4 is 16.9 Å². The highest BCUT2D eigenvalue weighted by Crippen LogP contribution is 2.36. The fourth-order valence-corrected chi connectivity index (χ4v) is 4.83. The molecule has 2 atom stereocenters. The molecule has 3 aromatic carbocycles. The van der Waals surface area contributed by atoms with Crippen molar-refractivity contribution in [1.82, 2.24) is 9.88 Å². The van der Waals surface area contributed by atoms with Crippen molar-refractivity contribution < 1.29 is 9.90 Å². The number of aromatic nitrogens is 1. The van der Waals surface area contributed by atoms with Crippen molar-refractivity contribution in [2.24, 2.45) is 0 Å². The van der Waals surface area contributed by atoms with Crippen molar-refractivity contribution in [3.63, 3.8) is 0 Å². The number of benzene rings is 3. The fourth-order valence-electron chi connectivity index (χ4n) is 4.83. The lowest BCUT2D eigenvalue weighted by molar-refractivity contribution is -0.145. The van der Waals surface area contributed by atoms with Gasteiger partial charge in [-0.2, -0.15) is 0 Å². The number of likely N-dealkylation sites (tertiary alicyclic amines) is 1. The van der Waals surface area contributed by atoms with Crippen LogP contribution in [0, 0.1) is 0 Å². The number of para-hydroxylation sites is 1. The summed E-state index contributed by atoms with van der Waals surface area (Å²) in [7, 11) is 0. The average molecular weight is 423 g/mol. The van der Waals surface area contributed by atoms with E-state index >= 15 is 0 Å². The molecular formula is C28H26N2O2. The Morgan fingerprint density at radius 3 is 2.38 bits per heavy atom. The van der Waals surface area contributed by atoms with Gasteiger partial charge in [0.25, 0.3) is 0 Å². The molecule has 0 radical (unpaired) electrons. The summed E-state index contributed by atoms with van der Waals surface area (Å²) < 4.78 is 0. The Morgan fingerprint density at radius 2 is 1.59 bits per heavy atom. The molecule has 1 aliphatic rings. The van der Waals surface area contributed by atoms with E-state index in [0.717, 1.165) is 47.0 Å². The van der Waals surface area contributed by atoms with Gasteiger partial charge in [-0.1, -0.05) is 79.2 Å². The topological polar surface area (TPSA) is 53.4 Å². The minimum atomic E-state index is -0.746. The lowest BCUT2D eigenvalue weighted by atomic mass is 9.91. The van der Waals surface area contributed by atoms with Gasteiger partial charge < -0.3 is 5.11 Å². The molecule has 1 N–H and O–H groups in total. The first-order valence-corrected chi connectivity index (χ1v) is 11.2. The van der Waals surface area contributed by atoms with Crippen molar-refractivity contribution in [2.45, 2.75) is 31.3 Å². The number of carbonyl (C=O) groups is 1. The molecule has 0 amide bonds. The zero-order valence-corrected chi connectivity index (χ0v) is 17.9. The Labute approximate surface area is 188 Å². The molecule has 1 aliphatic heterocycles. The standard InChI is InChI=1S/C28H26N2O2/c31-28(32)26-12-6-7-17-30(26)27(24-18-23-10-4-5-11-25(23)29-19-24)22-15-13-21(14-16-22)20-8-2-1-3-9-20/h1-5,8-11,13-16,18-19,26-27H,6-7,12,17H2,(H,31,32). The molecule has 4 nitrogen and oxygen atoms in total. The number of hydrogen-bond donors (Lipinski definition) is 1. The maximum Gasteiger partial charge on any atom is 0.320 e. The largest absolute Gasteiger partial charge is 0.480 e. The second-order valence-electron chi connectivity index (χ2n) is 8.44. The molecule has 0 saturated carbocycles. The van der Waals surface area contributed by atoms with Gasteiger partial charge >= 0.3 is 5.97 Å². The van der Waals surface area contributed by atoms with Crippen LogP contribution in [0.4, 0.5) is 0 Å². The summed E-state index contributed by atoms with van der Waals surface area (Å²) in [5.41, 5.74) is 5.39. The van der Waals surface area contributed by atoms with Gasteiger partial charge in [0, 0.05) is 11.6 Å². The first kappa shape index (κ1) is 20.4. The van der Waals surface area contributed by atoms with Crippen LogP contribution in [0.3, 0.4) is 0 Å². The number of rotatable bonds is 5. The van der Waals surface area contributed by atoms with Crippen LogP contribution < -0.4 is 0 Å². The van der Waals surface area contributed by atoms with Crippen LogP contribution in [0.5, 0.6) is 0 Å². The lowest BCUT2D eigenvalue weighted by Crippen LogP contribution is -2.46. The number of fused-ring (bicyclic) bond motifs is 1. The first-order chi connectivity index (χ1) is 15.7. The van der Waals surface area contributed by atoms with Crippen LogP contribution in [0.15, 0.2) is 91.1 Å². The minimum Gasteiger partial charge on any atom is -0.480 e. The third-order valence-corrected chi connectivity index (χ3v) is 6.42. The van der Waals surface area contributed by atoms with Gasteiger partial charge in [0.05, 0.1) is 11.6 Å². The molecule has 32 heavy (non-hydrogen) atoms. The van der Waals surface area contributed by atoms with E-state index in [1.54, 1.807) is 0 Å². The summed E-state index contributed by atoms with van der Waals surface area (Å²) >= 11 is 0. The Kier molecular flexibility index (Phi) is 5.70. The van der Waals surface area contributed by atoms with E-state index in [4.69, 9.17) is 0 Å². The molecule has 1 aromatic heterocycles. The van der Waals surface area contributed by atoms with Gasteiger partial charge in [-0.05, 0) is 53.8 Å². The Balaban J connectivity index is 1.59. The SMILES string of the molecule is O=C(O)C1CCCCN1C(c1ccc(-c2ccccc2)cc1)c1cnc2ccccc2c1. The number of carboxylic acids is 1. The van der Waals surface area contributed by atoms with E-state index < -0.39 is 12.0 Å². The van der Waals surface area contributed by atoms with Crippen LogP contribution in [0.25, 0.3) is 22.0 Å². The van der Waals surface area contributed by atoms with E-state index in [1.165, 1.54) is 5.56 Å². The number of hydrogen-bond acceptors (Lipinski definition) is 3. The van der Waals surface area contributed by atoms with Crippen LogP contribution >= 0.6 is 0 Å². The highest BCUT2D eigenvalue weighted by Gasteiger charge is 2.35. The highest BCUT2D eigenvalue weighted by atomic mass is 16.4. The molecule has 2 heterocycles. The van der Waals surface area contributed by atoms with Crippen LogP contribution in [-0.4, -0.2) is 33.5 Å². The molecular weight excluding hydrogens is 396 g/mol. The maximum atomic E-state index is 12.1. The molecule has 2 unspecified atom stereocenters. The van der Waals surface area contributed by atoms with E-state index in [-0.39, 0.29) is 6.04 Å². The van der Waals surface area contributed by atoms with E-state index in [9.17, 15) is 9.90 Å². The van der Waals surface area contributed by atoms with E-state index in [0.29, 0.717) is 6.42 Å². The van der Waals surface area contributed by atoms with Crippen LogP contribution in [-0.2, 0) is 4.79 Å². The fraction of sp³-hybridized carbons (Fsp3) is 0.214. The number of aliphatic carboxylic acids is 1. The van der Waals surface area contributed by atoms with Gasteiger partial charge in [0.2, 0.25) is 0 Å². The molecule has 0 aliphatic carbocycles. The molecule has 1 fully saturated rings. The summed E-state index contributed by atoms with van der Waals surface area (Å²) in [6, 6.07) is 28.4. The van der Waals surface area contributed by atoms with Gasteiger partial charge in [-0.25, -0.2) is 0 Å². The second-order valence-corrected chi connectivity index (χ2v) is 8.44. The predicted octanol–water partition coefficient (Wildman–Crippen LogP) is 5.93. The van der Waals surface area contributed by atoms with Crippen LogP contribution in [0.1, 0.15) is 36.4 Å². The van der Waals surface area contributed by atoms with Gasteiger partial charge in [-0.3, -0.25) is 14.7 Å². The minimum absolute atomic E-state index is 0.154. The molecule has 4 aromatic rings. The summed E-state index contributed by atoms with van der Waals surface area (Å²) in [6.07, 6.45) is 4.53. The number of nitrogens with zero attached hydrogens (tertiary/aromatic N) is 2. The molecule has 160 valence electrons. The van der Waals surface area contributed by atoms with Gasteiger partial charge in [0.1, 0.15) is 6.04 Å². The summed E-state index contributed by atoms with van der Waals surface area (Å²) in [6.45, 7) is 0.759. The molecule has 4 heteroatoms. The van der Waals surface area contributed by atoms with E-state index in [1.807, 2.05) is 42.6 Å². The molecule has 0 bridgehead atoms. The van der Waals surface area contributed by atoms with Gasteiger partial charge in [0.15, 0.2) is 0 Å². The van der Waals surface area contributed by atoms with Gasteiger partial charge in [-0.15, -0.1) is 0 Å². The summed E-state index contributed by atoms with van der Waals surface area (Å²) in [5, 5.41) is 11.0. The maximum absolute atomic E-state index is 12.1. The third kappa shape index (κ3) is 4.02. The Bertz CT molecular complexity index is 1220. The summed E-state index contributed by atoms with van der Waals surface area (Å²) in [4.78, 5) is 19.0. The Hall–Kier alpha value is -3.50. The van der Waals surface area contributed by atoms with Crippen molar-refractivity contribution in [2.75, 3.05) is 6.54 Å². The van der Waals surface area contributed by atoms with Crippen molar-refractivity contribution in [3.8, 4) is 11.1 Å². The Morgan fingerprint density at radius 1 is 0.875 bits per heavy atom.